The van der Waals surface area contributed by atoms with Crippen molar-refractivity contribution < 1.29 is 0 Å². The van der Waals surface area contributed by atoms with Gasteiger partial charge in [-0.25, -0.2) is 0 Å². The Morgan fingerprint density at radius 3 is 2.18 bits per heavy atom. The summed E-state index contributed by atoms with van der Waals surface area (Å²) in [5.74, 6) is 3.54. The Bertz CT molecular complexity index is 473. The molecule has 2 aliphatic carbocycles. The molecule has 1 fully saturated rings. The largest absolute Gasteiger partial charge is 0.0851 e. The van der Waals surface area contributed by atoms with Gasteiger partial charge in [-0.05, 0) is 81.1 Å². The van der Waals surface area contributed by atoms with Gasteiger partial charge in [0, 0.05) is 0 Å². The quantitative estimate of drug-likeness (QED) is 0.545. The van der Waals surface area contributed by atoms with E-state index in [4.69, 9.17) is 0 Å². The number of rotatable bonds is 4. The summed E-state index contributed by atoms with van der Waals surface area (Å²) in [5, 5.41) is 0. The highest BCUT2D eigenvalue weighted by atomic mass is 14.3. The van der Waals surface area contributed by atoms with E-state index in [2.05, 4.69) is 50.3 Å². The molecular formula is C22H32. The van der Waals surface area contributed by atoms with Gasteiger partial charge in [0.05, 0.1) is 0 Å². The van der Waals surface area contributed by atoms with Crippen LogP contribution in [0.25, 0.3) is 0 Å². The Labute approximate surface area is 137 Å². The van der Waals surface area contributed by atoms with Crippen LogP contribution in [0, 0.1) is 24.7 Å². The standard InChI is InChI=1S/C22H32/c1-3-4-18-7-11-20(12-8-18)22-15-13-21(14-16-22)19-9-5-17(2)6-10-19/h5-7,9-11,18,20-22H,3-4,8,12-16H2,1-2H3. The summed E-state index contributed by atoms with van der Waals surface area (Å²) in [6, 6.07) is 9.27. The summed E-state index contributed by atoms with van der Waals surface area (Å²) in [7, 11) is 0. The molecule has 0 aromatic heterocycles. The normalized spacial score (nSPS) is 32.1. The lowest BCUT2D eigenvalue weighted by Gasteiger charge is -2.35. The fraction of sp³-hybridized carbons (Fsp3) is 0.636. The average molecular weight is 296 g/mol. The summed E-state index contributed by atoms with van der Waals surface area (Å²) in [6.45, 7) is 4.49. The average Bonchev–Trinajstić information content (AvgIpc) is 2.57. The fourth-order valence-electron chi connectivity index (χ4n) is 4.62. The first-order chi connectivity index (χ1) is 10.8. The highest BCUT2D eigenvalue weighted by Crippen LogP contribution is 2.42. The molecule has 0 bridgehead atoms. The number of aryl methyl sites for hydroxylation is 1. The van der Waals surface area contributed by atoms with Crippen molar-refractivity contribution in [3.05, 3.63) is 47.5 Å². The summed E-state index contributed by atoms with van der Waals surface area (Å²) < 4.78 is 0. The second kappa shape index (κ2) is 7.49. The van der Waals surface area contributed by atoms with E-state index >= 15 is 0 Å². The lowest BCUT2D eigenvalue weighted by molar-refractivity contribution is 0.239. The molecule has 0 radical (unpaired) electrons. The van der Waals surface area contributed by atoms with Gasteiger partial charge in [0.25, 0.3) is 0 Å². The number of hydrogen-bond acceptors (Lipinski definition) is 0. The Balaban J connectivity index is 1.52. The van der Waals surface area contributed by atoms with Gasteiger partial charge in [0.1, 0.15) is 0 Å². The molecule has 0 nitrogen and oxygen atoms in total. The van der Waals surface area contributed by atoms with Crippen molar-refractivity contribution in [3.63, 3.8) is 0 Å². The number of allylic oxidation sites excluding steroid dienone is 2. The van der Waals surface area contributed by atoms with E-state index in [1.807, 2.05) is 0 Å². The molecule has 2 unspecified atom stereocenters. The van der Waals surface area contributed by atoms with Crippen LogP contribution in [0.15, 0.2) is 36.4 Å². The summed E-state index contributed by atoms with van der Waals surface area (Å²) in [4.78, 5) is 0. The first-order valence-corrected chi connectivity index (χ1v) is 9.51. The molecule has 0 saturated heterocycles. The summed E-state index contributed by atoms with van der Waals surface area (Å²) in [6.07, 6.45) is 16.4. The fourth-order valence-corrected chi connectivity index (χ4v) is 4.62. The molecule has 0 amide bonds. The minimum absolute atomic E-state index is 0.817. The third-order valence-corrected chi connectivity index (χ3v) is 6.09. The zero-order valence-corrected chi connectivity index (χ0v) is 14.4. The molecule has 1 aromatic carbocycles. The Morgan fingerprint density at radius 1 is 0.864 bits per heavy atom. The topological polar surface area (TPSA) is 0 Å². The van der Waals surface area contributed by atoms with Crippen LogP contribution in [0.5, 0.6) is 0 Å². The van der Waals surface area contributed by atoms with E-state index in [1.54, 1.807) is 5.56 Å². The van der Waals surface area contributed by atoms with E-state index in [0.29, 0.717) is 0 Å². The first kappa shape index (κ1) is 15.8. The number of benzene rings is 1. The number of hydrogen-bond donors (Lipinski definition) is 0. The van der Waals surface area contributed by atoms with Crippen molar-refractivity contribution in [2.24, 2.45) is 17.8 Å². The van der Waals surface area contributed by atoms with E-state index in [-0.39, 0.29) is 0 Å². The molecule has 1 saturated carbocycles. The second-order valence-electron chi connectivity index (χ2n) is 7.70. The smallest absolute Gasteiger partial charge is 0.0162 e. The highest BCUT2D eigenvalue weighted by Gasteiger charge is 2.28. The Hall–Kier alpha value is -1.04. The van der Waals surface area contributed by atoms with Crippen LogP contribution in [-0.2, 0) is 0 Å². The zero-order valence-electron chi connectivity index (χ0n) is 14.4. The summed E-state index contributed by atoms with van der Waals surface area (Å²) >= 11 is 0. The van der Waals surface area contributed by atoms with Crippen LogP contribution < -0.4 is 0 Å². The van der Waals surface area contributed by atoms with Gasteiger partial charge in [-0.2, -0.15) is 0 Å². The molecule has 1 aromatic rings. The zero-order chi connectivity index (χ0) is 15.4. The predicted octanol–water partition coefficient (Wildman–Crippen LogP) is 6.65. The summed E-state index contributed by atoms with van der Waals surface area (Å²) in [5.41, 5.74) is 2.96. The Kier molecular flexibility index (Phi) is 5.39. The van der Waals surface area contributed by atoms with Gasteiger partial charge in [-0.3, -0.25) is 0 Å². The monoisotopic (exact) mass is 296 g/mol. The molecule has 2 aliphatic rings. The maximum absolute atomic E-state index is 2.58. The van der Waals surface area contributed by atoms with Crippen molar-refractivity contribution in [3.8, 4) is 0 Å². The molecule has 0 heterocycles. The molecule has 3 rings (SSSR count). The molecule has 22 heavy (non-hydrogen) atoms. The molecule has 0 aliphatic heterocycles. The van der Waals surface area contributed by atoms with Gasteiger partial charge in [0.15, 0.2) is 0 Å². The highest BCUT2D eigenvalue weighted by molar-refractivity contribution is 5.25. The van der Waals surface area contributed by atoms with E-state index < -0.39 is 0 Å². The van der Waals surface area contributed by atoms with Crippen molar-refractivity contribution in [1.29, 1.82) is 0 Å². The molecule has 2 atom stereocenters. The van der Waals surface area contributed by atoms with Gasteiger partial charge in [-0.1, -0.05) is 55.3 Å². The van der Waals surface area contributed by atoms with Gasteiger partial charge >= 0.3 is 0 Å². The maximum Gasteiger partial charge on any atom is -0.0162 e. The van der Waals surface area contributed by atoms with Crippen LogP contribution in [0.2, 0.25) is 0 Å². The Morgan fingerprint density at radius 2 is 1.59 bits per heavy atom. The first-order valence-electron chi connectivity index (χ1n) is 9.51. The minimum Gasteiger partial charge on any atom is -0.0851 e. The van der Waals surface area contributed by atoms with Gasteiger partial charge < -0.3 is 0 Å². The van der Waals surface area contributed by atoms with Crippen LogP contribution in [-0.4, -0.2) is 0 Å². The van der Waals surface area contributed by atoms with E-state index in [0.717, 1.165) is 23.7 Å². The molecular weight excluding hydrogens is 264 g/mol. The van der Waals surface area contributed by atoms with E-state index in [1.165, 1.54) is 56.9 Å². The molecule has 0 spiro atoms. The lowest BCUT2D eigenvalue weighted by Crippen LogP contribution is -2.22. The SMILES string of the molecule is CCCC1C=CC(C2CCC(c3ccc(C)cc3)CC2)CC1. The lowest BCUT2D eigenvalue weighted by atomic mass is 9.70. The third-order valence-electron chi connectivity index (χ3n) is 6.09. The van der Waals surface area contributed by atoms with Crippen molar-refractivity contribution in [2.45, 2.75) is 71.1 Å². The minimum atomic E-state index is 0.817. The van der Waals surface area contributed by atoms with Crippen LogP contribution >= 0.6 is 0 Å². The van der Waals surface area contributed by atoms with Crippen molar-refractivity contribution in [1.82, 2.24) is 0 Å². The van der Waals surface area contributed by atoms with Gasteiger partial charge in [0.2, 0.25) is 0 Å². The predicted molar refractivity (Wildman–Crippen MR) is 96.1 cm³/mol. The van der Waals surface area contributed by atoms with Gasteiger partial charge in [-0.15, -0.1) is 0 Å². The maximum atomic E-state index is 2.58. The second-order valence-corrected chi connectivity index (χ2v) is 7.70. The third kappa shape index (κ3) is 3.83. The molecule has 0 N–H and O–H groups in total. The van der Waals surface area contributed by atoms with Crippen LogP contribution in [0.3, 0.4) is 0 Å². The molecule has 120 valence electrons. The molecule has 0 heteroatoms. The van der Waals surface area contributed by atoms with Crippen molar-refractivity contribution >= 4 is 0 Å². The van der Waals surface area contributed by atoms with Crippen LogP contribution in [0.4, 0.5) is 0 Å². The van der Waals surface area contributed by atoms with Crippen molar-refractivity contribution in [2.75, 3.05) is 0 Å². The van der Waals surface area contributed by atoms with E-state index in [9.17, 15) is 0 Å². The van der Waals surface area contributed by atoms with Crippen LogP contribution in [0.1, 0.15) is 75.3 Å².